The average Bonchev–Trinajstić information content (AvgIpc) is 3.15. The molecule has 4 rings (SSSR count). The number of morpholine rings is 1. The van der Waals surface area contributed by atoms with Gasteiger partial charge in [0.05, 0.1) is 30.9 Å². The minimum Gasteiger partial charge on any atom is -0.465 e. The SMILES string of the molecule is CCOc1nc2ccc(N3CCOCC3)cc2n1C(=O)CCCCc1ccccc1. The molecule has 0 radical (unpaired) electrons. The van der Waals surface area contributed by atoms with E-state index in [-0.39, 0.29) is 5.91 Å². The Morgan fingerprint density at radius 1 is 1.10 bits per heavy atom. The number of nitrogens with zero attached hydrogens (tertiary/aromatic N) is 3. The first-order chi connectivity index (χ1) is 14.8. The Bertz CT molecular complexity index is 978. The van der Waals surface area contributed by atoms with Crippen LogP contribution >= 0.6 is 0 Å². The summed E-state index contributed by atoms with van der Waals surface area (Å²) in [4.78, 5) is 20.0. The van der Waals surface area contributed by atoms with Crippen molar-refractivity contribution in [2.45, 2.75) is 32.6 Å². The lowest BCUT2D eigenvalue weighted by molar-refractivity contribution is 0.0890. The van der Waals surface area contributed by atoms with Gasteiger partial charge < -0.3 is 14.4 Å². The quantitative estimate of drug-likeness (QED) is 0.521. The molecule has 6 nitrogen and oxygen atoms in total. The molecule has 30 heavy (non-hydrogen) atoms. The van der Waals surface area contributed by atoms with Gasteiger partial charge in [-0.15, -0.1) is 0 Å². The summed E-state index contributed by atoms with van der Waals surface area (Å²) in [5, 5.41) is 0. The van der Waals surface area contributed by atoms with E-state index < -0.39 is 0 Å². The first-order valence-corrected chi connectivity index (χ1v) is 10.8. The number of carbonyl (C=O) groups is 1. The van der Waals surface area contributed by atoms with Gasteiger partial charge in [-0.3, -0.25) is 4.79 Å². The Kier molecular flexibility index (Phi) is 6.64. The van der Waals surface area contributed by atoms with E-state index in [9.17, 15) is 4.79 Å². The Morgan fingerprint density at radius 3 is 2.67 bits per heavy atom. The Balaban J connectivity index is 1.50. The van der Waals surface area contributed by atoms with Crippen LogP contribution in [0.15, 0.2) is 48.5 Å². The summed E-state index contributed by atoms with van der Waals surface area (Å²) in [6, 6.07) is 16.9. The first kappa shape index (κ1) is 20.4. The Morgan fingerprint density at radius 2 is 1.90 bits per heavy atom. The van der Waals surface area contributed by atoms with E-state index in [0.717, 1.165) is 62.3 Å². The standard InChI is InChI=1S/C24H29N3O3/c1-2-30-24-25-21-13-12-20(26-14-16-29-17-15-26)18-22(21)27(24)23(28)11-7-6-10-19-8-4-3-5-9-19/h3-5,8-9,12-13,18H,2,6-7,10-11,14-17H2,1H3. The van der Waals surface area contributed by atoms with Crippen LogP contribution < -0.4 is 9.64 Å². The van der Waals surface area contributed by atoms with Gasteiger partial charge in [0.1, 0.15) is 0 Å². The summed E-state index contributed by atoms with van der Waals surface area (Å²) in [6.45, 7) is 5.54. The van der Waals surface area contributed by atoms with Gasteiger partial charge in [-0.05, 0) is 49.9 Å². The number of rotatable bonds is 8. The molecule has 0 atom stereocenters. The van der Waals surface area contributed by atoms with Gasteiger partial charge in [0.2, 0.25) is 5.91 Å². The average molecular weight is 408 g/mol. The molecular weight excluding hydrogens is 378 g/mol. The number of ether oxygens (including phenoxy) is 2. The molecule has 1 aromatic heterocycles. The molecule has 0 unspecified atom stereocenters. The zero-order valence-corrected chi connectivity index (χ0v) is 17.5. The monoisotopic (exact) mass is 407 g/mol. The highest BCUT2D eigenvalue weighted by molar-refractivity contribution is 5.93. The molecule has 0 N–H and O–H groups in total. The second-order valence-electron chi connectivity index (χ2n) is 7.52. The zero-order chi connectivity index (χ0) is 20.8. The highest BCUT2D eigenvalue weighted by Crippen LogP contribution is 2.27. The van der Waals surface area contributed by atoms with Gasteiger partial charge in [0, 0.05) is 25.2 Å². The maximum atomic E-state index is 13.1. The van der Waals surface area contributed by atoms with E-state index in [1.807, 2.05) is 19.1 Å². The van der Waals surface area contributed by atoms with Gasteiger partial charge >= 0.3 is 6.01 Å². The molecule has 3 aromatic rings. The summed E-state index contributed by atoms with van der Waals surface area (Å²) in [6.07, 6.45) is 3.27. The van der Waals surface area contributed by atoms with E-state index in [2.05, 4.69) is 46.3 Å². The van der Waals surface area contributed by atoms with Gasteiger partial charge in [-0.25, -0.2) is 4.57 Å². The third kappa shape index (κ3) is 4.65. The predicted molar refractivity (Wildman–Crippen MR) is 119 cm³/mol. The van der Waals surface area contributed by atoms with Crippen molar-refractivity contribution in [1.29, 1.82) is 0 Å². The van der Waals surface area contributed by atoms with E-state index in [0.29, 0.717) is 19.0 Å². The summed E-state index contributed by atoms with van der Waals surface area (Å²) in [5.41, 5.74) is 4.00. The van der Waals surface area contributed by atoms with Crippen LogP contribution in [0, 0.1) is 0 Å². The Hall–Kier alpha value is -2.86. The smallest absolute Gasteiger partial charge is 0.304 e. The first-order valence-electron chi connectivity index (χ1n) is 10.8. The molecular formula is C24H29N3O3. The number of hydrogen-bond donors (Lipinski definition) is 0. The molecule has 0 aliphatic carbocycles. The van der Waals surface area contributed by atoms with Crippen LogP contribution in [0.5, 0.6) is 6.01 Å². The molecule has 0 bridgehead atoms. The number of carbonyl (C=O) groups excluding carboxylic acids is 1. The molecule has 6 heteroatoms. The molecule has 1 saturated heterocycles. The van der Waals surface area contributed by atoms with Crippen molar-refractivity contribution < 1.29 is 14.3 Å². The summed E-state index contributed by atoms with van der Waals surface area (Å²) in [7, 11) is 0. The van der Waals surface area contributed by atoms with Crippen LogP contribution in [0.1, 0.15) is 36.5 Å². The van der Waals surface area contributed by atoms with Crippen molar-refractivity contribution in [3.63, 3.8) is 0 Å². The van der Waals surface area contributed by atoms with Crippen molar-refractivity contribution >= 4 is 22.6 Å². The van der Waals surface area contributed by atoms with Gasteiger partial charge in [-0.1, -0.05) is 30.3 Å². The van der Waals surface area contributed by atoms with Gasteiger partial charge in [0.15, 0.2) is 0 Å². The van der Waals surface area contributed by atoms with Crippen LogP contribution in [0.2, 0.25) is 0 Å². The van der Waals surface area contributed by atoms with E-state index in [1.165, 1.54) is 5.56 Å². The molecule has 1 aliphatic heterocycles. The topological polar surface area (TPSA) is 56.6 Å². The summed E-state index contributed by atoms with van der Waals surface area (Å²) in [5.74, 6) is 0.0353. The van der Waals surface area contributed by atoms with E-state index in [4.69, 9.17) is 9.47 Å². The molecule has 0 spiro atoms. The third-order valence-electron chi connectivity index (χ3n) is 5.46. The van der Waals surface area contributed by atoms with Crippen LogP contribution in [0.4, 0.5) is 5.69 Å². The van der Waals surface area contributed by atoms with Crippen LogP contribution in [-0.4, -0.2) is 48.4 Å². The number of aromatic nitrogens is 2. The number of hydrogen-bond acceptors (Lipinski definition) is 5. The van der Waals surface area contributed by atoms with Crippen LogP contribution in [0.25, 0.3) is 11.0 Å². The number of benzene rings is 2. The van der Waals surface area contributed by atoms with Crippen molar-refractivity contribution in [2.75, 3.05) is 37.8 Å². The zero-order valence-electron chi connectivity index (χ0n) is 17.5. The van der Waals surface area contributed by atoms with Crippen molar-refractivity contribution in [3.8, 4) is 6.01 Å². The van der Waals surface area contributed by atoms with E-state index in [1.54, 1.807) is 4.57 Å². The van der Waals surface area contributed by atoms with Crippen molar-refractivity contribution in [3.05, 3.63) is 54.1 Å². The molecule has 0 amide bonds. The molecule has 2 heterocycles. The number of imidazole rings is 1. The predicted octanol–water partition coefficient (Wildman–Crippen LogP) is 4.32. The number of unbranched alkanes of at least 4 members (excludes halogenated alkanes) is 1. The fourth-order valence-corrected chi connectivity index (χ4v) is 3.89. The van der Waals surface area contributed by atoms with Gasteiger partial charge in [0.25, 0.3) is 0 Å². The number of anilines is 1. The largest absolute Gasteiger partial charge is 0.465 e. The van der Waals surface area contributed by atoms with Crippen LogP contribution in [0.3, 0.4) is 0 Å². The second kappa shape index (κ2) is 9.76. The fourth-order valence-electron chi connectivity index (χ4n) is 3.89. The minimum atomic E-state index is 0.0353. The minimum absolute atomic E-state index is 0.0353. The highest BCUT2D eigenvalue weighted by atomic mass is 16.5. The number of fused-ring (bicyclic) bond motifs is 1. The molecule has 158 valence electrons. The van der Waals surface area contributed by atoms with Crippen molar-refractivity contribution in [1.82, 2.24) is 9.55 Å². The molecule has 1 aliphatic rings. The fraction of sp³-hybridized carbons (Fsp3) is 0.417. The Labute approximate surface area is 177 Å². The van der Waals surface area contributed by atoms with Crippen LogP contribution in [-0.2, 0) is 11.2 Å². The lowest BCUT2D eigenvalue weighted by atomic mass is 10.1. The maximum Gasteiger partial charge on any atom is 0.304 e. The second-order valence-corrected chi connectivity index (χ2v) is 7.52. The van der Waals surface area contributed by atoms with Crippen molar-refractivity contribution in [2.24, 2.45) is 0 Å². The normalized spacial score (nSPS) is 14.2. The van der Waals surface area contributed by atoms with Gasteiger partial charge in [-0.2, -0.15) is 4.98 Å². The lowest BCUT2D eigenvalue weighted by Crippen LogP contribution is -2.36. The summed E-state index contributed by atoms with van der Waals surface area (Å²) < 4.78 is 12.8. The third-order valence-corrected chi connectivity index (χ3v) is 5.46. The number of aryl methyl sites for hydroxylation is 1. The molecule has 2 aromatic carbocycles. The molecule has 0 saturated carbocycles. The molecule has 1 fully saturated rings. The lowest BCUT2D eigenvalue weighted by Gasteiger charge is -2.28. The summed E-state index contributed by atoms with van der Waals surface area (Å²) >= 11 is 0. The van der Waals surface area contributed by atoms with E-state index >= 15 is 0 Å². The maximum absolute atomic E-state index is 13.1. The highest BCUT2D eigenvalue weighted by Gasteiger charge is 2.20.